The van der Waals surface area contributed by atoms with Crippen LogP contribution in [-0.4, -0.2) is 39.3 Å². The fourth-order valence-electron chi connectivity index (χ4n) is 2.22. The Morgan fingerprint density at radius 1 is 1.35 bits per heavy atom. The lowest BCUT2D eigenvalue weighted by atomic mass is 10.1. The lowest BCUT2D eigenvalue weighted by molar-refractivity contribution is -0.151. The normalized spacial score (nSPS) is 15.1. The number of hydrogen-bond donors (Lipinski definition) is 2. The predicted molar refractivity (Wildman–Crippen MR) is 97.3 cm³/mol. The minimum Gasteiger partial charge on any atom is -0.455 e. The van der Waals surface area contributed by atoms with Gasteiger partial charge in [-0.1, -0.05) is 19.9 Å². The third-order valence-corrected chi connectivity index (χ3v) is 5.29. The number of nitrogens with one attached hydrogen (secondary N) is 2. The first kappa shape index (κ1) is 19.9. The Labute approximate surface area is 153 Å². The number of rotatable bonds is 7. The van der Waals surface area contributed by atoms with Gasteiger partial charge in [-0.2, -0.15) is 0 Å². The van der Waals surface area contributed by atoms with Crippen LogP contribution in [0.1, 0.15) is 33.1 Å². The second kappa shape index (κ2) is 8.79. The Hall–Kier alpha value is -2.42. The van der Waals surface area contributed by atoms with Crippen LogP contribution in [0.15, 0.2) is 34.2 Å². The van der Waals surface area contributed by atoms with Crippen molar-refractivity contribution in [2.45, 2.75) is 38.0 Å². The minimum atomic E-state index is -3.76. The summed E-state index contributed by atoms with van der Waals surface area (Å²) in [5, 5.41) is 2.52. The van der Waals surface area contributed by atoms with Crippen molar-refractivity contribution in [1.29, 1.82) is 0 Å². The molecule has 142 valence electrons. The maximum atomic E-state index is 12.4. The van der Waals surface area contributed by atoms with E-state index in [-0.39, 0.29) is 10.8 Å². The number of nitrogens with zero attached hydrogens (tertiary/aromatic N) is 1. The zero-order valence-electron chi connectivity index (χ0n) is 14.8. The summed E-state index contributed by atoms with van der Waals surface area (Å²) in [5.74, 6) is -0.818. The van der Waals surface area contributed by atoms with E-state index in [1.165, 1.54) is 18.2 Å². The number of esters is 1. The monoisotopic (exact) mass is 381 g/mol. The van der Waals surface area contributed by atoms with E-state index in [0.717, 1.165) is 6.42 Å². The molecule has 0 fully saturated rings. The maximum Gasteiger partial charge on any atom is 0.309 e. The van der Waals surface area contributed by atoms with E-state index in [4.69, 9.17) is 4.74 Å². The van der Waals surface area contributed by atoms with Gasteiger partial charge >= 0.3 is 5.97 Å². The first-order valence-corrected chi connectivity index (χ1v) is 9.93. The number of amidine groups is 1. The highest BCUT2D eigenvalue weighted by atomic mass is 32.2. The van der Waals surface area contributed by atoms with Crippen molar-refractivity contribution < 1.29 is 22.7 Å². The van der Waals surface area contributed by atoms with Crippen molar-refractivity contribution in [2.75, 3.05) is 18.5 Å². The number of ether oxygens (including phenoxy) is 1. The fraction of sp³-hybridized carbons (Fsp3) is 0.471. The summed E-state index contributed by atoms with van der Waals surface area (Å²) in [6.07, 6.45) is 2.04. The largest absolute Gasteiger partial charge is 0.455 e. The van der Waals surface area contributed by atoms with Crippen molar-refractivity contribution in [3.8, 4) is 0 Å². The third kappa shape index (κ3) is 5.55. The average molecular weight is 381 g/mol. The lowest BCUT2D eigenvalue weighted by Gasteiger charge is -2.11. The molecule has 0 saturated heterocycles. The van der Waals surface area contributed by atoms with Gasteiger partial charge in [0, 0.05) is 18.7 Å². The first-order valence-electron chi connectivity index (χ1n) is 8.44. The molecule has 0 spiro atoms. The molecular weight excluding hydrogens is 358 g/mol. The number of anilines is 1. The van der Waals surface area contributed by atoms with Crippen LogP contribution >= 0.6 is 0 Å². The molecule has 0 radical (unpaired) electrons. The van der Waals surface area contributed by atoms with Gasteiger partial charge in [0.05, 0.1) is 10.8 Å². The quantitative estimate of drug-likeness (QED) is 0.698. The van der Waals surface area contributed by atoms with Gasteiger partial charge in [-0.25, -0.2) is 8.42 Å². The van der Waals surface area contributed by atoms with E-state index in [2.05, 4.69) is 15.0 Å². The molecule has 26 heavy (non-hydrogen) atoms. The highest BCUT2D eigenvalue weighted by Gasteiger charge is 2.19. The van der Waals surface area contributed by atoms with E-state index in [1.807, 2.05) is 6.92 Å². The van der Waals surface area contributed by atoms with Gasteiger partial charge in [-0.05, 0) is 31.0 Å². The number of carbonyl (C=O) groups excluding carboxylic acids is 2. The van der Waals surface area contributed by atoms with Crippen molar-refractivity contribution in [3.05, 3.63) is 24.3 Å². The molecule has 1 aliphatic heterocycles. The summed E-state index contributed by atoms with van der Waals surface area (Å²) >= 11 is 0. The first-order chi connectivity index (χ1) is 12.3. The van der Waals surface area contributed by atoms with Crippen molar-refractivity contribution >= 4 is 33.4 Å². The van der Waals surface area contributed by atoms with Gasteiger partial charge in [-0.15, -0.1) is 0 Å². The van der Waals surface area contributed by atoms with Gasteiger partial charge in [-0.3, -0.25) is 19.3 Å². The molecule has 1 heterocycles. The molecule has 2 N–H and O–H groups in total. The van der Waals surface area contributed by atoms with Crippen molar-refractivity contribution in [1.82, 2.24) is 4.72 Å². The lowest BCUT2D eigenvalue weighted by Crippen LogP contribution is -2.29. The van der Waals surface area contributed by atoms with Crippen LogP contribution in [0.25, 0.3) is 0 Å². The molecule has 1 amide bonds. The molecule has 1 atom stereocenters. The molecule has 1 aromatic carbocycles. The minimum absolute atomic E-state index is 0.0153. The molecule has 9 heteroatoms. The summed E-state index contributed by atoms with van der Waals surface area (Å²) < 4.78 is 32.1. The summed E-state index contributed by atoms with van der Waals surface area (Å²) in [6, 6.07) is 5.84. The molecule has 0 aromatic heterocycles. The van der Waals surface area contributed by atoms with Gasteiger partial charge in [0.1, 0.15) is 5.84 Å². The molecule has 0 bridgehead atoms. The van der Waals surface area contributed by atoms with Crippen molar-refractivity contribution in [3.63, 3.8) is 0 Å². The summed E-state index contributed by atoms with van der Waals surface area (Å²) in [5.41, 5.74) is 0.297. The molecule has 1 unspecified atom stereocenters. The van der Waals surface area contributed by atoms with Crippen LogP contribution in [0.5, 0.6) is 0 Å². The van der Waals surface area contributed by atoms with Crippen LogP contribution in [0, 0.1) is 5.92 Å². The van der Waals surface area contributed by atoms with Crippen LogP contribution in [0.3, 0.4) is 0 Å². The smallest absolute Gasteiger partial charge is 0.309 e. The molecular formula is C17H23N3O5S. The number of sulfonamides is 1. The Morgan fingerprint density at radius 2 is 2.12 bits per heavy atom. The second-order valence-electron chi connectivity index (χ2n) is 6.03. The number of amides is 1. The van der Waals surface area contributed by atoms with Crippen LogP contribution in [0.4, 0.5) is 5.69 Å². The zero-order chi connectivity index (χ0) is 19.2. The number of benzene rings is 1. The van der Waals surface area contributed by atoms with Gasteiger partial charge in [0.2, 0.25) is 0 Å². The molecule has 2 rings (SSSR count). The van der Waals surface area contributed by atoms with Gasteiger partial charge < -0.3 is 10.1 Å². The van der Waals surface area contributed by atoms with Crippen LogP contribution < -0.4 is 10.0 Å². The summed E-state index contributed by atoms with van der Waals surface area (Å²) in [7, 11) is -3.76. The SMILES string of the molecule is CCC(C)C(=O)OCC(=O)Nc1cccc(S(=O)(=O)NC2=NCCC2)c1. The Balaban J connectivity index is 1.98. The average Bonchev–Trinajstić information content (AvgIpc) is 3.11. The van der Waals surface area contributed by atoms with Crippen molar-refractivity contribution in [2.24, 2.45) is 10.9 Å². The maximum absolute atomic E-state index is 12.4. The van der Waals surface area contributed by atoms with Crippen LogP contribution in [0.2, 0.25) is 0 Å². The van der Waals surface area contributed by atoms with Gasteiger partial charge in [0.25, 0.3) is 15.9 Å². The number of hydrogen-bond acceptors (Lipinski definition) is 6. The Kier molecular flexibility index (Phi) is 6.73. The Bertz CT molecular complexity index is 804. The van der Waals surface area contributed by atoms with E-state index < -0.39 is 28.5 Å². The standard InChI is InChI=1S/C17H23N3O5S/c1-3-12(2)17(22)25-11-16(21)19-13-6-4-7-14(10-13)26(23,24)20-15-8-5-9-18-15/h4,6-7,10,12H,3,5,8-9,11H2,1-2H3,(H,18,20)(H,19,21). The summed E-state index contributed by atoms with van der Waals surface area (Å²) in [6.45, 7) is 3.76. The number of carbonyl (C=O) groups is 2. The second-order valence-corrected chi connectivity index (χ2v) is 7.71. The van der Waals surface area contributed by atoms with E-state index >= 15 is 0 Å². The predicted octanol–water partition coefficient (Wildman–Crippen LogP) is 1.68. The number of aliphatic imine (C=N–C) groups is 1. The zero-order valence-corrected chi connectivity index (χ0v) is 15.6. The van der Waals surface area contributed by atoms with E-state index in [1.54, 1.807) is 13.0 Å². The molecule has 0 aliphatic carbocycles. The molecule has 0 saturated carbocycles. The highest BCUT2D eigenvalue weighted by Crippen LogP contribution is 2.16. The topological polar surface area (TPSA) is 114 Å². The molecule has 8 nitrogen and oxygen atoms in total. The third-order valence-electron chi connectivity index (χ3n) is 3.91. The summed E-state index contributed by atoms with van der Waals surface area (Å²) in [4.78, 5) is 27.6. The van der Waals surface area contributed by atoms with Crippen LogP contribution in [-0.2, 0) is 24.3 Å². The van der Waals surface area contributed by atoms with E-state index in [9.17, 15) is 18.0 Å². The Morgan fingerprint density at radius 3 is 2.77 bits per heavy atom. The molecule has 1 aliphatic rings. The highest BCUT2D eigenvalue weighted by molar-refractivity contribution is 7.90. The van der Waals surface area contributed by atoms with Gasteiger partial charge in [0.15, 0.2) is 6.61 Å². The fourth-order valence-corrected chi connectivity index (χ4v) is 3.36. The molecule has 1 aromatic rings. The van der Waals surface area contributed by atoms with E-state index in [0.29, 0.717) is 30.9 Å².